The molecule has 0 saturated carbocycles. The van der Waals surface area contributed by atoms with E-state index in [-0.39, 0.29) is 0 Å². The summed E-state index contributed by atoms with van der Waals surface area (Å²) in [7, 11) is -3.60. The molecule has 0 bridgehead atoms. The summed E-state index contributed by atoms with van der Waals surface area (Å²) in [5.41, 5.74) is 0.488. The topological polar surface area (TPSA) is 73.0 Å². The molecular weight excluding hydrogens is 212 g/mol. The van der Waals surface area contributed by atoms with Gasteiger partial charge in [0.15, 0.2) is 0 Å². The molecule has 0 aromatic carbocycles. The zero-order valence-electron chi connectivity index (χ0n) is 8.33. The average molecular weight is 226 g/mol. The van der Waals surface area contributed by atoms with Gasteiger partial charge < -0.3 is 0 Å². The Morgan fingerprint density at radius 1 is 1.53 bits per heavy atom. The predicted molar refractivity (Wildman–Crippen MR) is 59.5 cm³/mol. The molecule has 0 fully saturated rings. The zero-order chi connectivity index (χ0) is 11.3. The van der Waals surface area contributed by atoms with Gasteiger partial charge in [0, 0.05) is 6.20 Å². The number of nitrogens with zero attached hydrogens (tertiary/aromatic N) is 1. The first-order chi connectivity index (χ1) is 7.05. The van der Waals surface area contributed by atoms with Crippen molar-refractivity contribution >= 4 is 10.0 Å². The van der Waals surface area contributed by atoms with Crippen LogP contribution in [-0.4, -0.2) is 13.4 Å². The van der Waals surface area contributed by atoms with Crippen LogP contribution in [-0.2, 0) is 10.0 Å². The van der Waals surface area contributed by atoms with Crippen LogP contribution in [0.25, 0.3) is 0 Å². The molecule has 1 heterocycles. The Labute approximate surface area is 89.9 Å². The van der Waals surface area contributed by atoms with E-state index in [1.807, 2.05) is 0 Å². The van der Waals surface area contributed by atoms with Gasteiger partial charge in [0.05, 0.1) is 5.69 Å². The molecule has 0 aliphatic carbocycles. The van der Waals surface area contributed by atoms with Crippen molar-refractivity contribution in [3.63, 3.8) is 0 Å². The van der Waals surface area contributed by atoms with Crippen molar-refractivity contribution in [1.82, 2.24) is 4.98 Å². The third kappa shape index (κ3) is 3.45. The van der Waals surface area contributed by atoms with Crippen LogP contribution in [0.5, 0.6) is 0 Å². The lowest BCUT2D eigenvalue weighted by Gasteiger charge is -2.12. The van der Waals surface area contributed by atoms with Crippen molar-refractivity contribution in [3.05, 3.63) is 42.7 Å². The van der Waals surface area contributed by atoms with Gasteiger partial charge >= 0.3 is 0 Å². The maximum atomic E-state index is 11.3. The van der Waals surface area contributed by atoms with E-state index in [0.717, 1.165) is 0 Å². The first-order valence-corrected chi connectivity index (χ1v) is 6.20. The van der Waals surface area contributed by atoms with Gasteiger partial charge in [0.2, 0.25) is 10.0 Å². The van der Waals surface area contributed by atoms with E-state index < -0.39 is 15.3 Å². The van der Waals surface area contributed by atoms with Crippen LogP contribution < -0.4 is 5.14 Å². The average Bonchev–Trinajstić information content (AvgIpc) is 2.18. The number of hydrogen-bond acceptors (Lipinski definition) is 3. The lowest BCUT2D eigenvalue weighted by Crippen LogP contribution is -2.22. The summed E-state index contributed by atoms with van der Waals surface area (Å²) in [5, 5.41) is 4.41. The van der Waals surface area contributed by atoms with Crippen molar-refractivity contribution < 1.29 is 8.42 Å². The molecule has 15 heavy (non-hydrogen) atoms. The lowest BCUT2D eigenvalue weighted by molar-refractivity contribution is 0.575. The molecule has 4 nitrogen and oxygen atoms in total. The molecule has 0 radical (unpaired) electrons. The number of nitrogens with two attached hydrogens (primary N) is 1. The number of rotatable bonds is 5. The molecular formula is C10H14N2O2S. The largest absolute Gasteiger partial charge is 0.260 e. The van der Waals surface area contributed by atoms with Crippen LogP contribution >= 0.6 is 0 Å². The molecule has 2 N–H and O–H groups in total. The Bertz CT molecular complexity index is 414. The van der Waals surface area contributed by atoms with Crippen LogP contribution in [0, 0.1) is 0 Å². The fourth-order valence-electron chi connectivity index (χ4n) is 1.32. The minimum Gasteiger partial charge on any atom is -0.260 e. The van der Waals surface area contributed by atoms with Crippen LogP contribution in [0.2, 0.25) is 0 Å². The summed E-state index contributed by atoms with van der Waals surface area (Å²) >= 11 is 0. The molecule has 0 aliphatic heterocycles. The van der Waals surface area contributed by atoms with Gasteiger partial charge in [-0.05, 0) is 25.0 Å². The summed E-state index contributed by atoms with van der Waals surface area (Å²) in [5.74, 6) is 0. The first kappa shape index (κ1) is 11.9. The fourth-order valence-corrected chi connectivity index (χ4v) is 2.26. The zero-order valence-corrected chi connectivity index (χ0v) is 9.15. The van der Waals surface area contributed by atoms with Crippen LogP contribution in [0.3, 0.4) is 0 Å². The molecule has 1 aromatic heterocycles. The molecule has 1 aromatic rings. The highest BCUT2D eigenvalue weighted by Gasteiger charge is 2.23. The molecule has 1 rings (SSSR count). The lowest BCUT2D eigenvalue weighted by atomic mass is 10.1. The Morgan fingerprint density at radius 2 is 2.27 bits per heavy atom. The summed E-state index contributed by atoms with van der Waals surface area (Å²) in [6, 6.07) is 5.14. The number of primary sulfonamides is 1. The Morgan fingerprint density at radius 3 is 2.73 bits per heavy atom. The normalized spacial score (nSPS) is 13.4. The summed E-state index contributed by atoms with van der Waals surface area (Å²) in [4.78, 5) is 4.00. The molecule has 0 aliphatic rings. The van der Waals surface area contributed by atoms with E-state index in [4.69, 9.17) is 5.14 Å². The van der Waals surface area contributed by atoms with E-state index in [2.05, 4.69) is 11.6 Å². The highest BCUT2D eigenvalue weighted by atomic mass is 32.2. The van der Waals surface area contributed by atoms with E-state index in [1.165, 1.54) is 0 Å². The number of aromatic nitrogens is 1. The summed E-state index contributed by atoms with van der Waals surface area (Å²) < 4.78 is 22.7. The van der Waals surface area contributed by atoms with Crippen molar-refractivity contribution in [2.45, 2.75) is 18.1 Å². The summed E-state index contributed by atoms with van der Waals surface area (Å²) in [6.07, 6.45) is 4.24. The van der Waals surface area contributed by atoms with Crippen molar-refractivity contribution in [1.29, 1.82) is 0 Å². The smallest absolute Gasteiger partial charge is 0.217 e. The maximum Gasteiger partial charge on any atom is 0.217 e. The van der Waals surface area contributed by atoms with Gasteiger partial charge in [0.25, 0.3) is 0 Å². The highest BCUT2D eigenvalue weighted by Crippen LogP contribution is 2.23. The van der Waals surface area contributed by atoms with E-state index >= 15 is 0 Å². The quantitative estimate of drug-likeness (QED) is 0.771. The Hall–Kier alpha value is -1.20. The SMILES string of the molecule is C=CCC[C@@H](c1ccccn1)S(N)(=O)=O. The van der Waals surface area contributed by atoms with Gasteiger partial charge in [-0.25, -0.2) is 13.6 Å². The van der Waals surface area contributed by atoms with Gasteiger partial charge in [-0.15, -0.1) is 6.58 Å². The van der Waals surface area contributed by atoms with Crippen LogP contribution in [0.1, 0.15) is 23.8 Å². The fraction of sp³-hybridized carbons (Fsp3) is 0.300. The molecule has 82 valence electrons. The maximum absolute atomic E-state index is 11.3. The van der Waals surface area contributed by atoms with E-state index in [9.17, 15) is 8.42 Å². The van der Waals surface area contributed by atoms with Gasteiger partial charge in [-0.1, -0.05) is 12.1 Å². The van der Waals surface area contributed by atoms with E-state index in [0.29, 0.717) is 18.5 Å². The molecule has 1 atom stereocenters. The Balaban J connectivity index is 2.97. The Kier molecular flexibility index (Phi) is 3.99. The van der Waals surface area contributed by atoms with Gasteiger partial charge in [-0.2, -0.15) is 0 Å². The van der Waals surface area contributed by atoms with E-state index in [1.54, 1.807) is 30.5 Å². The number of sulfonamides is 1. The van der Waals surface area contributed by atoms with Crippen molar-refractivity contribution in [2.24, 2.45) is 5.14 Å². The first-order valence-electron chi connectivity index (χ1n) is 4.59. The monoisotopic (exact) mass is 226 g/mol. The molecule has 0 unspecified atom stereocenters. The molecule has 0 saturated heterocycles. The van der Waals surface area contributed by atoms with Crippen molar-refractivity contribution in [2.75, 3.05) is 0 Å². The molecule has 5 heteroatoms. The summed E-state index contributed by atoms with van der Waals surface area (Å²) in [6.45, 7) is 3.55. The second-order valence-corrected chi connectivity index (χ2v) is 4.95. The number of hydrogen-bond donors (Lipinski definition) is 1. The number of pyridine rings is 1. The highest BCUT2D eigenvalue weighted by molar-refractivity contribution is 7.89. The second kappa shape index (κ2) is 5.04. The predicted octanol–water partition coefficient (Wildman–Crippen LogP) is 1.38. The minimum absolute atomic E-state index is 0.416. The van der Waals surface area contributed by atoms with Gasteiger partial charge in [-0.3, -0.25) is 4.98 Å². The standard InChI is InChI=1S/C10H14N2O2S/c1-2-3-7-10(15(11,13)14)9-6-4-5-8-12-9/h2,4-6,8,10H,1,3,7H2,(H2,11,13,14)/t10-/m0/s1. The van der Waals surface area contributed by atoms with Crippen molar-refractivity contribution in [3.8, 4) is 0 Å². The third-order valence-corrected chi connectivity index (χ3v) is 3.32. The molecule has 0 spiro atoms. The van der Waals surface area contributed by atoms with Gasteiger partial charge in [0.1, 0.15) is 5.25 Å². The van der Waals surface area contributed by atoms with Crippen LogP contribution in [0.4, 0.5) is 0 Å². The third-order valence-electron chi connectivity index (χ3n) is 2.05. The van der Waals surface area contributed by atoms with Crippen LogP contribution in [0.15, 0.2) is 37.1 Å². The number of allylic oxidation sites excluding steroid dienone is 1. The molecule has 0 amide bonds. The second-order valence-electron chi connectivity index (χ2n) is 3.20. The minimum atomic E-state index is -3.60.